The van der Waals surface area contributed by atoms with Crippen LogP contribution in [-0.2, 0) is 14.8 Å². The fourth-order valence-corrected chi connectivity index (χ4v) is 13.8. The predicted octanol–water partition coefficient (Wildman–Crippen LogP) is 5.66. The van der Waals surface area contributed by atoms with Crippen LogP contribution in [-0.4, -0.2) is 59.8 Å². The summed E-state index contributed by atoms with van der Waals surface area (Å²) in [6.07, 6.45) is 12.6. The fourth-order valence-electron chi connectivity index (χ4n) is 12.2. The second-order valence-electron chi connectivity index (χ2n) is 16.3. The summed E-state index contributed by atoms with van der Waals surface area (Å²) in [6, 6.07) is 0. The van der Waals surface area contributed by atoms with E-state index in [9.17, 15) is 23.4 Å². The first-order valence-electron chi connectivity index (χ1n) is 17.2. The molecule has 5 aliphatic carbocycles. The number of Topliss-reactive ketones (excluding diaryl/α,β-unsaturated/α-hetero) is 1. The third-order valence-corrected chi connectivity index (χ3v) is 16.0. The lowest BCUT2D eigenvalue weighted by Gasteiger charge is -2.64. The molecule has 0 radical (unpaired) electrons. The summed E-state index contributed by atoms with van der Waals surface area (Å²) < 4.78 is 27.3. The van der Waals surface area contributed by atoms with E-state index in [1.165, 1.54) is 25.7 Å². The number of aliphatic hydroxyl groups excluding tert-OH is 2. The molecular formula is C34H57NO5S. The third-order valence-electron chi connectivity index (χ3n) is 14.3. The van der Waals surface area contributed by atoms with Crippen LogP contribution in [0.1, 0.15) is 111 Å². The van der Waals surface area contributed by atoms with E-state index in [1.807, 2.05) is 0 Å². The van der Waals surface area contributed by atoms with Crippen molar-refractivity contribution in [3.63, 3.8) is 0 Å². The highest BCUT2D eigenvalue weighted by Crippen LogP contribution is 2.69. The first kappa shape index (κ1) is 30.5. The molecule has 2 N–H and O–H groups in total. The topological polar surface area (TPSA) is 94.9 Å². The molecule has 5 saturated carbocycles. The molecule has 0 aromatic rings. The number of fused-ring (bicyclic) bond motifs is 7. The minimum Gasteiger partial charge on any atom is -0.393 e. The zero-order valence-electron chi connectivity index (χ0n) is 26.1. The van der Waals surface area contributed by atoms with Gasteiger partial charge in [-0.15, -0.1) is 0 Å². The van der Waals surface area contributed by atoms with Gasteiger partial charge in [0.1, 0.15) is 11.5 Å². The van der Waals surface area contributed by atoms with Crippen LogP contribution in [0.5, 0.6) is 0 Å². The van der Waals surface area contributed by atoms with Crippen molar-refractivity contribution in [2.24, 2.45) is 64.1 Å². The SMILES string of the molecule is CC[C@H]1[C@@H](O)[C@@H]2[C@H](CC[C@]3(C)[C@@H]([C@H](C)CCCC(=O)CS(=O)(=O)N4CC5CC(C5)C4)CC[C@@H]23)[C@@]2(C)CC[C@@H](O)C[C@@H]12. The third kappa shape index (κ3) is 5.19. The summed E-state index contributed by atoms with van der Waals surface area (Å²) >= 11 is 0. The van der Waals surface area contributed by atoms with Crippen molar-refractivity contribution in [2.45, 2.75) is 123 Å². The number of nitrogens with zero attached hydrogens (tertiary/aromatic N) is 1. The van der Waals surface area contributed by atoms with Crippen LogP contribution in [0.4, 0.5) is 0 Å². The Morgan fingerprint density at radius 1 is 0.927 bits per heavy atom. The lowest BCUT2D eigenvalue weighted by atomic mass is 9.41. The molecule has 7 rings (SSSR count). The van der Waals surface area contributed by atoms with Crippen molar-refractivity contribution in [3.05, 3.63) is 0 Å². The zero-order valence-corrected chi connectivity index (χ0v) is 27.0. The molecule has 0 amide bonds. The Bertz CT molecular complexity index is 1080. The second-order valence-corrected chi connectivity index (χ2v) is 18.3. The molecule has 2 heterocycles. The molecule has 7 heteroatoms. The number of rotatable bonds is 9. The molecule has 7 fully saturated rings. The normalized spacial score (nSPS) is 48.4. The summed E-state index contributed by atoms with van der Waals surface area (Å²) in [5.74, 6) is 3.84. The number of hydrogen-bond donors (Lipinski definition) is 2. The average Bonchev–Trinajstić information content (AvgIpc) is 3.26. The Kier molecular flexibility index (Phi) is 8.29. The molecule has 11 atom stereocenters. The number of ketones is 1. The van der Waals surface area contributed by atoms with Crippen LogP contribution in [0, 0.1) is 64.1 Å². The van der Waals surface area contributed by atoms with Crippen LogP contribution in [0.3, 0.4) is 0 Å². The maximum absolute atomic E-state index is 12.9. The largest absolute Gasteiger partial charge is 0.393 e. The van der Waals surface area contributed by atoms with Gasteiger partial charge in [-0.05, 0) is 128 Å². The first-order chi connectivity index (χ1) is 19.4. The van der Waals surface area contributed by atoms with Gasteiger partial charge in [-0.1, -0.05) is 40.5 Å². The van der Waals surface area contributed by atoms with Gasteiger partial charge >= 0.3 is 0 Å². The van der Waals surface area contributed by atoms with E-state index in [0.29, 0.717) is 66.9 Å². The molecule has 0 aromatic carbocycles. The van der Waals surface area contributed by atoms with Crippen molar-refractivity contribution < 1.29 is 23.4 Å². The Balaban J connectivity index is 1.06. The summed E-state index contributed by atoms with van der Waals surface area (Å²) in [5, 5.41) is 22.5. The molecule has 2 bridgehead atoms. The van der Waals surface area contributed by atoms with Gasteiger partial charge in [-0.3, -0.25) is 4.79 Å². The Morgan fingerprint density at radius 3 is 2.27 bits per heavy atom. The minimum atomic E-state index is -3.47. The Morgan fingerprint density at radius 2 is 1.59 bits per heavy atom. The number of hydrogen-bond acceptors (Lipinski definition) is 5. The van der Waals surface area contributed by atoms with E-state index in [-0.39, 0.29) is 40.5 Å². The van der Waals surface area contributed by atoms with Gasteiger partial charge in [-0.2, -0.15) is 0 Å². The highest BCUT2D eigenvalue weighted by molar-refractivity contribution is 7.89. The van der Waals surface area contributed by atoms with Gasteiger partial charge in [0.2, 0.25) is 10.0 Å². The molecule has 41 heavy (non-hydrogen) atoms. The summed E-state index contributed by atoms with van der Waals surface area (Å²) in [6.45, 7) is 10.8. The molecule has 2 saturated heterocycles. The number of piperidine rings is 2. The molecule has 2 aliphatic heterocycles. The van der Waals surface area contributed by atoms with E-state index >= 15 is 0 Å². The van der Waals surface area contributed by atoms with Gasteiger partial charge in [0.05, 0.1) is 12.2 Å². The van der Waals surface area contributed by atoms with E-state index in [4.69, 9.17) is 0 Å². The lowest BCUT2D eigenvalue weighted by molar-refractivity contribution is -0.203. The van der Waals surface area contributed by atoms with Crippen LogP contribution >= 0.6 is 0 Å². The number of carbonyl (C=O) groups is 1. The van der Waals surface area contributed by atoms with Gasteiger partial charge in [0, 0.05) is 19.5 Å². The molecular weight excluding hydrogens is 534 g/mol. The van der Waals surface area contributed by atoms with E-state index in [0.717, 1.165) is 51.4 Å². The Labute approximate surface area is 249 Å². The highest BCUT2D eigenvalue weighted by atomic mass is 32.2. The minimum absolute atomic E-state index is 0.121. The fraction of sp³-hybridized carbons (Fsp3) is 0.971. The predicted molar refractivity (Wildman–Crippen MR) is 161 cm³/mol. The molecule has 0 unspecified atom stereocenters. The number of aliphatic hydroxyl groups is 2. The van der Waals surface area contributed by atoms with E-state index in [2.05, 4.69) is 27.7 Å². The van der Waals surface area contributed by atoms with Gasteiger partial charge in [0.15, 0.2) is 0 Å². The van der Waals surface area contributed by atoms with Gasteiger partial charge < -0.3 is 10.2 Å². The van der Waals surface area contributed by atoms with E-state index in [1.54, 1.807) is 4.31 Å². The van der Waals surface area contributed by atoms with Crippen LogP contribution in [0.25, 0.3) is 0 Å². The quantitative estimate of drug-likeness (QED) is 0.361. The lowest BCUT2D eigenvalue weighted by Crippen LogP contribution is -2.62. The maximum atomic E-state index is 12.9. The summed E-state index contributed by atoms with van der Waals surface area (Å²) in [4.78, 5) is 12.8. The maximum Gasteiger partial charge on any atom is 0.221 e. The summed E-state index contributed by atoms with van der Waals surface area (Å²) in [5.41, 5.74) is 0.448. The molecule has 6 nitrogen and oxygen atoms in total. The Hall–Kier alpha value is -0.500. The van der Waals surface area contributed by atoms with Crippen molar-refractivity contribution in [1.29, 1.82) is 0 Å². The highest BCUT2D eigenvalue weighted by Gasteiger charge is 2.64. The van der Waals surface area contributed by atoms with Crippen LogP contribution in [0.2, 0.25) is 0 Å². The van der Waals surface area contributed by atoms with E-state index < -0.39 is 10.0 Å². The van der Waals surface area contributed by atoms with Gasteiger partial charge in [0.25, 0.3) is 0 Å². The molecule has 0 aromatic heterocycles. The second kappa shape index (κ2) is 11.1. The van der Waals surface area contributed by atoms with Crippen molar-refractivity contribution in [3.8, 4) is 0 Å². The summed E-state index contributed by atoms with van der Waals surface area (Å²) in [7, 11) is -3.47. The van der Waals surface area contributed by atoms with Crippen molar-refractivity contribution >= 4 is 15.8 Å². The standard InChI is InChI=1S/C34H57NO5S/c1-5-26-30-17-24(36)11-13-34(30,4)29-12-14-33(3)27(9-10-28(33)31(29)32(26)38)21(2)7-6-8-25(37)20-41(39,40)35-18-22-15-23(16-22)19-35/h21-24,26-32,36,38H,5-20H2,1-4H3/t21-,22?,23?,24-,26-,27-,28+,29+,30+,31+,32-,33-,34-/m1/s1. The molecule has 234 valence electrons. The molecule has 0 spiro atoms. The smallest absolute Gasteiger partial charge is 0.221 e. The zero-order chi connectivity index (χ0) is 29.3. The monoisotopic (exact) mass is 591 g/mol. The first-order valence-corrected chi connectivity index (χ1v) is 18.8. The van der Waals surface area contributed by atoms with Gasteiger partial charge in [-0.25, -0.2) is 12.7 Å². The van der Waals surface area contributed by atoms with Crippen molar-refractivity contribution in [2.75, 3.05) is 18.8 Å². The van der Waals surface area contributed by atoms with Crippen LogP contribution < -0.4 is 0 Å². The van der Waals surface area contributed by atoms with Crippen LogP contribution in [0.15, 0.2) is 0 Å². The average molecular weight is 592 g/mol. The van der Waals surface area contributed by atoms with Crippen molar-refractivity contribution in [1.82, 2.24) is 4.31 Å². The number of sulfonamides is 1. The molecule has 7 aliphatic rings. The number of carbonyl (C=O) groups excluding carboxylic acids is 1.